The normalized spacial score (nSPS) is 15.5. The van der Waals surface area contributed by atoms with Crippen LogP contribution in [0.25, 0.3) is 11.4 Å². The summed E-state index contributed by atoms with van der Waals surface area (Å²) in [6.07, 6.45) is 0. The third-order valence-electron chi connectivity index (χ3n) is 3.70. The number of oxime groups is 1. The minimum atomic E-state index is -0.386. The second kappa shape index (κ2) is 6.11. The van der Waals surface area contributed by atoms with Crippen molar-refractivity contribution in [1.82, 2.24) is 19.9 Å². The molecule has 1 aromatic carbocycles. The first-order valence-electron chi connectivity index (χ1n) is 7.17. The van der Waals surface area contributed by atoms with Gasteiger partial charge in [0.2, 0.25) is 11.7 Å². The molecule has 1 saturated heterocycles. The Morgan fingerprint density at radius 3 is 2.62 bits per heavy atom. The molecule has 0 bridgehead atoms. The zero-order chi connectivity index (χ0) is 17.3. The van der Waals surface area contributed by atoms with E-state index in [0.717, 1.165) is 10.5 Å². The summed E-state index contributed by atoms with van der Waals surface area (Å²) in [4.78, 5) is 30.2. The van der Waals surface area contributed by atoms with E-state index in [4.69, 9.17) is 9.73 Å². The zero-order valence-corrected chi connectivity index (χ0v) is 13.1. The Kier molecular flexibility index (Phi) is 3.98. The van der Waals surface area contributed by atoms with Crippen LogP contribution in [-0.4, -0.2) is 56.4 Å². The maximum atomic E-state index is 11.8. The fourth-order valence-electron chi connectivity index (χ4n) is 2.31. The molecule has 3 amide bonds. The van der Waals surface area contributed by atoms with Gasteiger partial charge in [0.05, 0.1) is 5.71 Å². The predicted octanol–water partition coefficient (Wildman–Crippen LogP) is 1.33. The van der Waals surface area contributed by atoms with Gasteiger partial charge in [0.25, 0.3) is 5.91 Å². The molecule has 1 aliphatic heterocycles. The molecular weight excluding hydrogens is 314 g/mol. The number of rotatable bonds is 4. The molecule has 2 aromatic rings. The van der Waals surface area contributed by atoms with Crippen molar-refractivity contribution >= 4 is 17.6 Å². The Bertz CT molecular complexity index is 812. The van der Waals surface area contributed by atoms with Gasteiger partial charge in [0.1, 0.15) is 13.1 Å². The van der Waals surface area contributed by atoms with Gasteiger partial charge in [-0.25, -0.2) is 4.79 Å². The van der Waals surface area contributed by atoms with E-state index in [0.29, 0.717) is 17.1 Å². The number of hydrogen-bond donors (Lipinski definition) is 1. The second-order valence-corrected chi connectivity index (χ2v) is 5.39. The molecule has 1 N–H and O–H groups in total. The van der Waals surface area contributed by atoms with E-state index >= 15 is 0 Å². The Labute approximate surface area is 137 Å². The Morgan fingerprint density at radius 1 is 1.33 bits per heavy atom. The number of hydrogen-bond acceptors (Lipinski definition) is 7. The van der Waals surface area contributed by atoms with Crippen molar-refractivity contribution in [2.45, 2.75) is 13.5 Å². The molecule has 0 unspecified atom stereocenters. The maximum absolute atomic E-state index is 11.8. The van der Waals surface area contributed by atoms with E-state index in [1.54, 1.807) is 38.2 Å². The average molecular weight is 329 g/mol. The number of nitrogens with zero attached hydrogens (tertiary/aromatic N) is 5. The van der Waals surface area contributed by atoms with Crippen molar-refractivity contribution in [3.05, 3.63) is 35.7 Å². The highest BCUT2D eigenvalue weighted by atomic mass is 16.5. The number of likely N-dealkylation sites (N-methyl/N-ethyl adjacent to an activating group) is 1. The van der Waals surface area contributed by atoms with Crippen LogP contribution in [0.5, 0.6) is 0 Å². The highest BCUT2D eigenvalue weighted by Crippen LogP contribution is 2.19. The lowest BCUT2D eigenvalue weighted by atomic mass is 10.1. The SMILES string of the molecule is CC(=NO)c1ccc(-c2noc(CN3C(=O)CN(C)C3=O)n2)cc1. The van der Waals surface area contributed by atoms with Crippen molar-refractivity contribution in [3.63, 3.8) is 0 Å². The van der Waals surface area contributed by atoms with Crippen LogP contribution < -0.4 is 0 Å². The number of carbonyl (C=O) groups is 2. The van der Waals surface area contributed by atoms with Gasteiger partial charge >= 0.3 is 6.03 Å². The van der Waals surface area contributed by atoms with E-state index in [-0.39, 0.29) is 30.9 Å². The van der Waals surface area contributed by atoms with Crippen molar-refractivity contribution in [2.24, 2.45) is 5.16 Å². The third kappa shape index (κ3) is 2.83. The molecule has 24 heavy (non-hydrogen) atoms. The summed E-state index contributed by atoms with van der Waals surface area (Å²) in [7, 11) is 1.55. The van der Waals surface area contributed by atoms with Crippen LogP contribution in [0.3, 0.4) is 0 Å². The number of imide groups is 1. The molecule has 0 spiro atoms. The monoisotopic (exact) mass is 329 g/mol. The van der Waals surface area contributed by atoms with Gasteiger partial charge in [-0.3, -0.25) is 9.69 Å². The predicted molar refractivity (Wildman–Crippen MR) is 82.3 cm³/mol. The Balaban J connectivity index is 1.76. The van der Waals surface area contributed by atoms with E-state index in [1.165, 1.54) is 4.90 Å². The first kappa shape index (κ1) is 15.7. The van der Waals surface area contributed by atoms with Gasteiger partial charge in [-0.1, -0.05) is 34.6 Å². The first-order valence-corrected chi connectivity index (χ1v) is 7.17. The molecule has 1 fully saturated rings. The van der Waals surface area contributed by atoms with Crippen LogP contribution in [-0.2, 0) is 11.3 Å². The topological polar surface area (TPSA) is 112 Å². The van der Waals surface area contributed by atoms with Gasteiger partial charge in [0, 0.05) is 12.6 Å². The minimum Gasteiger partial charge on any atom is -0.411 e. The van der Waals surface area contributed by atoms with E-state index in [2.05, 4.69) is 15.3 Å². The van der Waals surface area contributed by atoms with Crippen LogP contribution in [0.4, 0.5) is 4.79 Å². The molecule has 0 atom stereocenters. The summed E-state index contributed by atoms with van der Waals surface area (Å²) < 4.78 is 5.12. The molecule has 0 radical (unpaired) electrons. The molecule has 124 valence electrons. The smallest absolute Gasteiger partial charge is 0.327 e. The van der Waals surface area contributed by atoms with Crippen LogP contribution in [0.1, 0.15) is 18.4 Å². The molecule has 1 aliphatic rings. The Morgan fingerprint density at radius 2 is 2.04 bits per heavy atom. The number of aromatic nitrogens is 2. The lowest BCUT2D eigenvalue weighted by Crippen LogP contribution is -2.31. The number of urea groups is 1. The summed E-state index contributed by atoms with van der Waals surface area (Å²) in [6.45, 7) is 1.68. The van der Waals surface area contributed by atoms with Crippen molar-refractivity contribution in [2.75, 3.05) is 13.6 Å². The van der Waals surface area contributed by atoms with Crippen LogP contribution in [0.15, 0.2) is 33.9 Å². The second-order valence-electron chi connectivity index (χ2n) is 5.39. The van der Waals surface area contributed by atoms with Gasteiger partial charge < -0.3 is 14.6 Å². The third-order valence-corrected chi connectivity index (χ3v) is 3.70. The largest absolute Gasteiger partial charge is 0.411 e. The van der Waals surface area contributed by atoms with Crippen molar-refractivity contribution < 1.29 is 19.3 Å². The van der Waals surface area contributed by atoms with Gasteiger partial charge in [0.15, 0.2) is 0 Å². The minimum absolute atomic E-state index is 0.0487. The zero-order valence-electron chi connectivity index (χ0n) is 13.1. The number of amides is 3. The first-order chi connectivity index (χ1) is 11.5. The Hall–Kier alpha value is -3.23. The lowest BCUT2D eigenvalue weighted by Gasteiger charge is -2.10. The van der Waals surface area contributed by atoms with Crippen molar-refractivity contribution in [1.29, 1.82) is 0 Å². The molecule has 0 saturated carbocycles. The maximum Gasteiger partial charge on any atom is 0.327 e. The van der Waals surface area contributed by atoms with Gasteiger partial charge in [-0.15, -0.1) is 0 Å². The van der Waals surface area contributed by atoms with Crippen LogP contribution in [0.2, 0.25) is 0 Å². The molecule has 0 aliphatic carbocycles. The molecular formula is C15H15N5O4. The quantitative estimate of drug-likeness (QED) is 0.392. The molecule has 3 rings (SSSR count). The number of carbonyl (C=O) groups excluding carboxylic acids is 2. The summed E-state index contributed by atoms with van der Waals surface area (Å²) in [6, 6.07) is 6.67. The van der Waals surface area contributed by atoms with Crippen molar-refractivity contribution in [3.8, 4) is 11.4 Å². The van der Waals surface area contributed by atoms with E-state index < -0.39 is 0 Å². The highest BCUT2D eigenvalue weighted by molar-refractivity contribution is 6.01. The fourth-order valence-corrected chi connectivity index (χ4v) is 2.31. The summed E-state index contributed by atoms with van der Waals surface area (Å²) >= 11 is 0. The highest BCUT2D eigenvalue weighted by Gasteiger charge is 2.34. The fraction of sp³-hybridized carbons (Fsp3) is 0.267. The van der Waals surface area contributed by atoms with Gasteiger partial charge in [-0.2, -0.15) is 4.98 Å². The lowest BCUT2D eigenvalue weighted by molar-refractivity contribution is -0.125. The molecule has 2 heterocycles. The molecule has 1 aromatic heterocycles. The summed E-state index contributed by atoms with van der Waals surface area (Å²) in [5.41, 5.74) is 1.96. The van der Waals surface area contributed by atoms with Crippen LogP contribution >= 0.6 is 0 Å². The molecule has 9 nitrogen and oxygen atoms in total. The molecule has 9 heteroatoms. The van der Waals surface area contributed by atoms with Gasteiger partial charge in [-0.05, 0) is 12.5 Å². The average Bonchev–Trinajstić information content (AvgIpc) is 3.15. The van der Waals surface area contributed by atoms with E-state index in [9.17, 15) is 9.59 Å². The summed E-state index contributed by atoms with van der Waals surface area (Å²) in [5, 5.41) is 15.8. The number of benzene rings is 1. The van der Waals surface area contributed by atoms with E-state index in [1.807, 2.05) is 0 Å². The standard InChI is InChI=1S/C15H15N5O4/c1-9(17-23)10-3-5-11(6-4-10)14-16-12(24-18-14)7-20-13(21)8-19(2)15(20)22/h3-6,23H,7-8H2,1-2H3. The summed E-state index contributed by atoms with van der Waals surface area (Å²) in [5.74, 6) is 0.229. The van der Waals surface area contributed by atoms with Crippen LogP contribution in [0, 0.1) is 0 Å².